The summed E-state index contributed by atoms with van der Waals surface area (Å²) in [6.07, 6.45) is 1.71. The topological polar surface area (TPSA) is 69.1 Å². The molecule has 43 heavy (non-hydrogen) atoms. The van der Waals surface area contributed by atoms with Crippen LogP contribution in [0, 0.1) is 0 Å². The highest BCUT2D eigenvalue weighted by atomic mass is 32.2. The molecule has 3 aliphatic rings. The van der Waals surface area contributed by atoms with Crippen molar-refractivity contribution in [1.82, 2.24) is 23.6 Å². The zero-order chi connectivity index (χ0) is 30.9. The SMILES string of the molecule is CC(C)N1CCN(C2CCCC(N(C)C(=O)CCC3c4cccn4CCN3S(=O)(=O)c3cccc(C(F)(F)F)c3)C2)CC1. The van der Waals surface area contributed by atoms with E-state index in [1.54, 1.807) is 0 Å². The zero-order valence-corrected chi connectivity index (χ0v) is 26.2. The molecule has 12 heteroatoms. The average Bonchev–Trinajstić information content (AvgIpc) is 3.48. The summed E-state index contributed by atoms with van der Waals surface area (Å²) >= 11 is 0. The second-order valence-electron chi connectivity index (χ2n) is 12.5. The molecule has 0 N–H and O–H groups in total. The van der Waals surface area contributed by atoms with Gasteiger partial charge in [-0.1, -0.05) is 6.07 Å². The molecule has 2 fully saturated rings. The van der Waals surface area contributed by atoms with E-state index >= 15 is 0 Å². The number of rotatable bonds is 8. The lowest BCUT2D eigenvalue weighted by atomic mass is 9.88. The summed E-state index contributed by atoms with van der Waals surface area (Å²) in [5.74, 6) is -0.0321. The van der Waals surface area contributed by atoms with Crippen molar-refractivity contribution in [2.75, 3.05) is 39.8 Å². The van der Waals surface area contributed by atoms with Crippen LogP contribution in [0.2, 0.25) is 0 Å². The molecule has 1 saturated carbocycles. The van der Waals surface area contributed by atoms with Crippen LogP contribution < -0.4 is 0 Å². The number of carbonyl (C=O) groups is 1. The van der Waals surface area contributed by atoms with Crippen molar-refractivity contribution in [3.05, 3.63) is 53.9 Å². The molecule has 3 atom stereocenters. The first-order valence-corrected chi connectivity index (χ1v) is 16.9. The molecule has 0 spiro atoms. The minimum Gasteiger partial charge on any atom is -0.349 e. The van der Waals surface area contributed by atoms with Crippen LogP contribution in [0.3, 0.4) is 0 Å². The van der Waals surface area contributed by atoms with Crippen LogP contribution in [0.4, 0.5) is 13.2 Å². The van der Waals surface area contributed by atoms with Crippen LogP contribution in [0.15, 0.2) is 47.5 Å². The van der Waals surface area contributed by atoms with E-state index in [1.165, 1.54) is 10.4 Å². The van der Waals surface area contributed by atoms with Gasteiger partial charge in [-0.2, -0.15) is 17.5 Å². The number of fused-ring (bicyclic) bond motifs is 1. The van der Waals surface area contributed by atoms with E-state index in [9.17, 15) is 26.4 Å². The largest absolute Gasteiger partial charge is 0.416 e. The molecule has 5 rings (SSSR count). The first-order valence-electron chi connectivity index (χ1n) is 15.4. The van der Waals surface area contributed by atoms with Gasteiger partial charge in [0.2, 0.25) is 15.9 Å². The van der Waals surface area contributed by atoms with Crippen molar-refractivity contribution < 1.29 is 26.4 Å². The second kappa shape index (κ2) is 12.9. The number of sulfonamides is 1. The number of carbonyl (C=O) groups excluding carboxylic acids is 1. The fourth-order valence-electron chi connectivity index (χ4n) is 7.07. The summed E-state index contributed by atoms with van der Waals surface area (Å²) in [7, 11) is -2.39. The van der Waals surface area contributed by atoms with Crippen LogP contribution in [-0.4, -0.2) is 95.8 Å². The molecule has 2 aliphatic heterocycles. The second-order valence-corrected chi connectivity index (χ2v) is 14.4. The molecule has 0 bridgehead atoms. The quantitative estimate of drug-likeness (QED) is 0.422. The number of aromatic nitrogens is 1. The van der Waals surface area contributed by atoms with Gasteiger partial charge < -0.3 is 9.47 Å². The third-order valence-corrected chi connectivity index (χ3v) is 11.6. The van der Waals surface area contributed by atoms with Crippen molar-refractivity contribution in [1.29, 1.82) is 0 Å². The Bertz CT molecular complexity index is 1370. The third-order valence-electron chi connectivity index (χ3n) is 9.67. The van der Waals surface area contributed by atoms with Gasteiger partial charge in [-0.25, -0.2) is 8.42 Å². The van der Waals surface area contributed by atoms with Crippen LogP contribution >= 0.6 is 0 Å². The van der Waals surface area contributed by atoms with E-state index in [0.717, 1.165) is 69.7 Å². The van der Waals surface area contributed by atoms with E-state index in [2.05, 4.69) is 23.6 Å². The van der Waals surface area contributed by atoms with Gasteiger partial charge in [-0.05, 0) is 76.3 Å². The van der Waals surface area contributed by atoms with E-state index < -0.39 is 32.7 Å². The van der Waals surface area contributed by atoms with Gasteiger partial charge in [0.05, 0.1) is 16.5 Å². The first kappa shape index (κ1) is 32.0. The Morgan fingerprint density at radius 3 is 2.47 bits per heavy atom. The Morgan fingerprint density at radius 1 is 1.02 bits per heavy atom. The smallest absolute Gasteiger partial charge is 0.349 e. The molecule has 2 aromatic rings. The summed E-state index contributed by atoms with van der Waals surface area (Å²) < 4.78 is 70.8. The molecule has 3 unspecified atom stereocenters. The van der Waals surface area contributed by atoms with Gasteiger partial charge in [0, 0.05) is 82.8 Å². The summed E-state index contributed by atoms with van der Waals surface area (Å²) in [6, 6.07) is 8.04. The van der Waals surface area contributed by atoms with Gasteiger partial charge in [0.15, 0.2) is 0 Å². The Balaban J connectivity index is 1.26. The first-order chi connectivity index (χ1) is 20.4. The summed E-state index contributed by atoms with van der Waals surface area (Å²) in [6.45, 7) is 9.20. The summed E-state index contributed by atoms with van der Waals surface area (Å²) in [5.41, 5.74) is -0.259. The van der Waals surface area contributed by atoms with Crippen molar-refractivity contribution in [3.63, 3.8) is 0 Å². The predicted octanol–water partition coefficient (Wildman–Crippen LogP) is 4.83. The molecule has 1 saturated heterocycles. The Kier molecular flexibility index (Phi) is 9.60. The lowest BCUT2D eigenvalue weighted by Gasteiger charge is -2.45. The van der Waals surface area contributed by atoms with E-state index in [1.807, 2.05) is 34.8 Å². The number of halogens is 3. The van der Waals surface area contributed by atoms with Crippen LogP contribution in [0.25, 0.3) is 0 Å². The van der Waals surface area contributed by atoms with Crippen LogP contribution in [0.1, 0.15) is 69.7 Å². The highest BCUT2D eigenvalue weighted by molar-refractivity contribution is 7.89. The van der Waals surface area contributed by atoms with E-state index in [0.29, 0.717) is 24.7 Å². The summed E-state index contributed by atoms with van der Waals surface area (Å²) in [4.78, 5) is 20.1. The molecule has 8 nitrogen and oxygen atoms in total. The maximum absolute atomic E-state index is 13.7. The Morgan fingerprint density at radius 2 is 1.77 bits per heavy atom. The van der Waals surface area contributed by atoms with Crippen molar-refractivity contribution in [2.24, 2.45) is 0 Å². The maximum atomic E-state index is 13.7. The molecular formula is C31H44F3N5O3S. The third kappa shape index (κ3) is 6.97. The standard InChI is InChI=1S/C31H44F3N5O3S/c1-23(2)36-15-17-37(18-16-36)26-9-5-8-25(22-26)35(3)30(40)13-12-29-28-11-6-14-38(28)19-20-39(29)43(41,42)27-10-4-7-24(21-27)31(32,33)34/h4,6-7,10-11,14,21,23,25-26,29H,5,8-9,12-13,15-20,22H2,1-3H3. The lowest BCUT2D eigenvalue weighted by molar-refractivity contribution is -0.137. The van der Waals surface area contributed by atoms with Crippen molar-refractivity contribution >= 4 is 15.9 Å². The molecule has 3 heterocycles. The van der Waals surface area contributed by atoms with Gasteiger partial charge >= 0.3 is 6.18 Å². The highest BCUT2D eigenvalue weighted by Crippen LogP contribution is 2.37. The van der Waals surface area contributed by atoms with E-state index in [4.69, 9.17) is 0 Å². The molecule has 1 aromatic carbocycles. The van der Waals surface area contributed by atoms with Gasteiger partial charge in [0.1, 0.15) is 0 Å². The van der Waals surface area contributed by atoms with Crippen LogP contribution in [-0.2, 0) is 27.5 Å². The van der Waals surface area contributed by atoms with Crippen LogP contribution in [0.5, 0.6) is 0 Å². The summed E-state index contributed by atoms with van der Waals surface area (Å²) in [5, 5.41) is 0. The Hall–Kier alpha value is -2.41. The number of hydrogen-bond acceptors (Lipinski definition) is 5. The fraction of sp³-hybridized carbons (Fsp3) is 0.645. The Labute approximate surface area is 253 Å². The monoisotopic (exact) mass is 623 g/mol. The number of nitrogens with zero attached hydrogens (tertiary/aromatic N) is 5. The lowest BCUT2D eigenvalue weighted by Crippen LogP contribution is -2.54. The van der Waals surface area contributed by atoms with Gasteiger partial charge in [-0.3, -0.25) is 14.6 Å². The predicted molar refractivity (Wildman–Crippen MR) is 159 cm³/mol. The highest BCUT2D eigenvalue weighted by Gasteiger charge is 2.39. The number of alkyl halides is 3. The number of hydrogen-bond donors (Lipinski definition) is 0. The normalized spacial score (nSPS) is 24.7. The van der Waals surface area contributed by atoms with Crippen molar-refractivity contribution in [3.8, 4) is 0 Å². The molecule has 1 aromatic heterocycles. The number of benzene rings is 1. The van der Waals surface area contributed by atoms with Crippen molar-refractivity contribution in [2.45, 2.75) is 94.2 Å². The fourth-order valence-corrected chi connectivity index (χ4v) is 8.74. The van der Waals surface area contributed by atoms with Gasteiger partial charge in [0.25, 0.3) is 0 Å². The molecule has 1 aliphatic carbocycles. The minimum absolute atomic E-state index is 0.0321. The number of amides is 1. The van der Waals surface area contributed by atoms with Gasteiger partial charge in [-0.15, -0.1) is 0 Å². The minimum atomic E-state index is -4.65. The zero-order valence-electron chi connectivity index (χ0n) is 25.3. The molecule has 238 valence electrons. The molecular weight excluding hydrogens is 579 g/mol. The van der Waals surface area contributed by atoms with E-state index in [-0.39, 0.29) is 31.3 Å². The molecule has 1 amide bonds. The number of piperazine rings is 1. The molecule has 0 radical (unpaired) electrons. The maximum Gasteiger partial charge on any atom is 0.416 e. The average molecular weight is 624 g/mol.